The van der Waals surface area contributed by atoms with E-state index < -0.39 is 0 Å². The van der Waals surface area contributed by atoms with Crippen molar-refractivity contribution in [3.8, 4) is 0 Å². The van der Waals surface area contributed by atoms with E-state index >= 15 is 0 Å². The molecule has 1 atom stereocenters. The molecule has 90 valence electrons. The van der Waals surface area contributed by atoms with Gasteiger partial charge in [-0.25, -0.2) is 0 Å². The predicted molar refractivity (Wildman–Crippen MR) is 64.8 cm³/mol. The van der Waals surface area contributed by atoms with Crippen molar-refractivity contribution < 1.29 is 4.79 Å². The molecule has 3 N–H and O–H groups in total. The molecule has 1 unspecified atom stereocenters. The van der Waals surface area contributed by atoms with Crippen LogP contribution in [0.5, 0.6) is 0 Å². The molecule has 0 radical (unpaired) electrons. The Kier molecular flexibility index (Phi) is 5.05. The van der Waals surface area contributed by atoms with Gasteiger partial charge in [-0.15, -0.1) is 0 Å². The second-order valence-electron chi connectivity index (χ2n) is 4.15. The number of amides is 1. The Morgan fingerprint density at radius 2 is 2.38 bits per heavy atom. The lowest BCUT2D eigenvalue weighted by Gasteiger charge is -2.13. The molecule has 0 bridgehead atoms. The summed E-state index contributed by atoms with van der Waals surface area (Å²) in [6.07, 6.45) is 3.59. The van der Waals surface area contributed by atoms with E-state index in [1.807, 2.05) is 13.0 Å². The van der Waals surface area contributed by atoms with Crippen molar-refractivity contribution in [2.75, 3.05) is 0 Å². The van der Waals surface area contributed by atoms with E-state index in [2.05, 4.69) is 29.1 Å². The van der Waals surface area contributed by atoms with Gasteiger partial charge in [-0.2, -0.15) is 0 Å². The quantitative estimate of drug-likeness (QED) is 0.731. The number of hydrogen-bond acceptors (Lipinski definition) is 2. The number of nitrogens with two attached hydrogens (primary N) is 1. The average Bonchev–Trinajstić information content (AvgIpc) is 2.62. The first-order chi connectivity index (χ1) is 7.63. The third-order valence-electron chi connectivity index (χ3n) is 2.53. The summed E-state index contributed by atoms with van der Waals surface area (Å²) in [6.45, 7) is 5.94. The van der Waals surface area contributed by atoms with Gasteiger partial charge in [-0.1, -0.05) is 6.92 Å². The van der Waals surface area contributed by atoms with Crippen LogP contribution in [-0.4, -0.2) is 16.5 Å². The second kappa shape index (κ2) is 6.33. The number of aromatic nitrogens is 1. The van der Waals surface area contributed by atoms with Crippen molar-refractivity contribution in [3.63, 3.8) is 0 Å². The van der Waals surface area contributed by atoms with Crippen LogP contribution in [0.3, 0.4) is 0 Å². The summed E-state index contributed by atoms with van der Waals surface area (Å²) in [5.41, 5.74) is 6.38. The lowest BCUT2D eigenvalue weighted by Crippen LogP contribution is -2.31. The third kappa shape index (κ3) is 4.06. The monoisotopic (exact) mass is 223 g/mol. The topological polar surface area (TPSA) is 60.1 Å². The van der Waals surface area contributed by atoms with Crippen LogP contribution in [0.15, 0.2) is 18.3 Å². The van der Waals surface area contributed by atoms with Crippen LogP contribution in [0.2, 0.25) is 0 Å². The predicted octanol–water partition coefficient (Wildman–Crippen LogP) is 1.25. The zero-order valence-corrected chi connectivity index (χ0v) is 10.1. The van der Waals surface area contributed by atoms with E-state index in [0.717, 1.165) is 19.5 Å². The molecular weight excluding hydrogens is 202 g/mol. The zero-order chi connectivity index (χ0) is 12.0. The Morgan fingerprint density at radius 1 is 1.62 bits per heavy atom. The van der Waals surface area contributed by atoms with Gasteiger partial charge in [0.15, 0.2) is 0 Å². The number of nitrogens with zero attached hydrogens (tertiary/aromatic N) is 1. The Labute approximate surface area is 96.8 Å². The first-order valence-electron chi connectivity index (χ1n) is 5.79. The van der Waals surface area contributed by atoms with Crippen LogP contribution >= 0.6 is 0 Å². The van der Waals surface area contributed by atoms with Crippen LogP contribution in [0.4, 0.5) is 0 Å². The van der Waals surface area contributed by atoms with Crippen molar-refractivity contribution in [2.24, 2.45) is 5.73 Å². The summed E-state index contributed by atoms with van der Waals surface area (Å²) in [7, 11) is 0. The van der Waals surface area contributed by atoms with Crippen molar-refractivity contribution >= 4 is 5.91 Å². The van der Waals surface area contributed by atoms with E-state index in [0.29, 0.717) is 6.42 Å². The summed E-state index contributed by atoms with van der Waals surface area (Å²) in [4.78, 5) is 10.7. The molecule has 0 saturated carbocycles. The maximum absolute atomic E-state index is 10.7. The Hall–Kier alpha value is -1.29. The van der Waals surface area contributed by atoms with Gasteiger partial charge in [-0.3, -0.25) is 4.79 Å². The number of primary amides is 1. The first-order valence-corrected chi connectivity index (χ1v) is 5.79. The molecule has 0 aliphatic heterocycles. The van der Waals surface area contributed by atoms with Gasteiger partial charge in [0.05, 0.1) is 0 Å². The highest BCUT2D eigenvalue weighted by molar-refractivity contribution is 5.74. The highest BCUT2D eigenvalue weighted by Crippen LogP contribution is 2.04. The van der Waals surface area contributed by atoms with E-state index in [1.165, 1.54) is 5.69 Å². The van der Waals surface area contributed by atoms with E-state index in [1.54, 1.807) is 0 Å². The third-order valence-corrected chi connectivity index (χ3v) is 2.53. The molecule has 1 aromatic heterocycles. The van der Waals surface area contributed by atoms with Crippen molar-refractivity contribution in [3.05, 3.63) is 24.0 Å². The minimum atomic E-state index is -0.260. The molecule has 1 rings (SSSR count). The molecule has 0 aliphatic carbocycles. The van der Waals surface area contributed by atoms with E-state index in [9.17, 15) is 4.79 Å². The lowest BCUT2D eigenvalue weighted by atomic mass is 10.2. The molecular formula is C12H21N3O. The number of carbonyl (C=O) groups excluding carboxylic acids is 1. The highest BCUT2D eigenvalue weighted by Gasteiger charge is 2.06. The fraction of sp³-hybridized carbons (Fsp3) is 0.583. The molecule has 4 heteroatoms. The van der Waals surface area contributed by atoms with Gasteiger partial charge in [0.25, 0.3) is 0 Å². The molecule has 0 saturated heterocycles. The van der Waals surface area contributed by atoms with E-state index in [-0.39, 0.29) is 11.9 Å². The van der Waals surface area contributed by atoms with Gasteiger partial charge < -0.3 is 15.6 Å². The van der Waals surface area contributed by atoms with Crippen LogP contribution in [-0.2, 0) is 17.9 Å². The summed E-state index contributed by atoms with van der Waals surface area (Å²) in [6, 6.07) is 4.27. The molecule has 0 fully saturated rings. The Balaban J connectivity index is 2.41. The molecule has 1 aromatic rings. The van der Waals surface area contributed by atoms with Gasteiger partial charge >= 0.3 is 0 Å². The lowest BCUT2D eigenvalue weighted by molar-refractivity contribution is -0.118. The summed E-state index contributed by atoms with van der Waals surface area (Å²) in [5, 5.41) is 3.29. The smallest absolute Gasteiger partial charge is 0.218 e. The summed E-state index contributed by atoms with van der Waals surface area (Å²) >= 11 is 0. The number of rotatable bonds is 7. The highest BCUT2D eigenvalue weighted by atomic mass is 16.1. The first kappa shape index (κ1) is 12.8. The molecule has 0 aromatic carbocycles. The molecule has 4 nitrogen and oxygen atoms in total. The van der Waals surface area contributed by atoms with Crippen molar-refractivity contribution in [2.45, 2.75) is 45.8 Å². The van der Waals surface area contributed by atoms with Crippen molar-refractivity contribution in [1.82, 2.24) is 9.88 Å². The summed E-state index contributed by atoms with van der Waals surface area (Å²) < 4.78 is 2.23. The molecule has 0 aliphatic rings. The maximum Gasteiger partial charge on any atom is 0.218 e. The second-order valence-corrected chi connectivity index (χ2v) is 4.15. The van der Waals surface area contributed by atoms with Crippen LogP contribution < -0.4 is 11.1 Å². The molecule has 0 spiro atoms. The number of aryl methyl sites for hydroxylation is 1. The van der Waals surface area contributed by atoms with Gasteiger partial charge in [-0.05, 0) is 25.5 Å². The number of carbonyl (C=O) groups is 1. The normalized spacial score (nSPS) is 12.6. The molecule has 16 heavy (non-hydrogen) atoms. The molecule has 1 amide bonds. The van der Waals surface area contributed by atoms with E-state index in [4.69, 9.17) is 5.73 Å². The number of hydrogen-bond donors (Lipinski definition) is 2. The van der Waals surface area contributed by atoms with Gasteiger partial charge in [0.1, 0.15) is 0 Å². The van der Waals surface area contributed by atoms with Gasteiger partial charge in [0.2, 0.25) is 5.91 Å². The summed E-state index contributed by atoms with van der Waals surface area (Å²) in [5.74, 6) is -0.260. The van der Waals surface area contributed by atoms with Crippen molar-refractivity contribution in [1.29, 1.82) is 0 Å². The average molecular weight is 223 g/mol. The SMILES string of the molecule is CCCn1cccc1CNC(C)CC(N)=O. The minimum Gasteiger partial charge on any atom is -0.370 e. The van der Waals surface area contributed by atoms with Crippen LogP contribution in [0.1, 0.15) is 32.4 Å². The van der Waals surface area contributed by atoms with Crippen LogP contribution in [0, 0.1) is 0 Å². The number of nitrogens with one attached hydrogen (secondary N) is 1. The zero-order valence-electron chi connectivity index (χ0n) is 10.1. The maximum atomic E-state index is 10.7. The fourth-order valence-corrected chi connectivity index (χ4v) is 1.72. The standard InChI is InChI=1S/C12H21N3O/c1-3-6-15-7-4-5-11(15)9-14-10(2)8-12(13)16/h4-5,7,10,14H,3,6,8-9H2,1-2H3,(H2,13,16). The van der Waals surface area contributed by atoms with Crippen LogP contribution in [0.25, 0.3) is 0 Å². The Bertz CT molecular complexity index is 333. The Morgan fingerprint density at radius 3 is 3.00 bits per heavy atom. The largest absolute Gasteiger partial charge is 0.370 e. The minimum absolute atomic E-state index is 0.127. The molecule has 1 heterocycles. The van der Waals surface area contributed by atoms with Gasteiger partial charge in [0, 0.05) is 37.4 Å². The fourth-order valence-electron chi connectivity index (χ4n) is 1.72.